The molecule has 1 aromatic rings. The van der Waals surface area contributed by atoms with E-state index in [1.165, 1.54) is 19.2 Å². The van der Waals surface area contributed by atoms with Gasteiger partial charge in [0.05, 0.1) is 24.3 Å². The van der Waals surface area contributed by atoms with Gasteiger partial charge in [0, 0.05) is 6.54 Å². The maximum Gasteiger partial charge on any atom is 0.156 e. The summed E-state index contributed by atoms with van der Waals surface area (Å²) < 4.78 is 5.83. The third-order valence-electron chi connectivity index (χ3n) is 3.94. The minimum Gasteiger partial charge on any atom is -0.374 e. The molecular formula is C13H16ClN3O2. The normalized spacial score (nSPS) is 26.9. The predicted octanol–water partition coefficient (Wildman–Crippen LogP) is 2.09. The fraction of sp³-hybridized carbons (Fsp3) is 0.615. The van der Waals surface area contributed by atoms with Crippen molar-refractivity contribution in [1.82, 2.24) is 9.97 Å². The Kier molecular flexibility index (Phi) is 3.66. The third-order valence-corrected chi connectivity index (χ3v) is 4.24. The molecule has 0 amide bonds. The third kappa shape index (κ3) is 2.32. The average molecular weight is 282 g/mol. The molecule has 0 aromatic carbocycles. The predicted molar refractivity (Wildman–Crippen MR) is 71.8 cm³/mol. The number of nitrogens with zero attached hydrogens (tertiary/aromatic N) is 3. The second-order valence-electron chi connectivity index (χ2n) is 4.97. The lowest BCUT2D eigenvalue weighted by molar-refractivity contribution is -0.00903. The zero-order valence-corrected chi connectivity index (χ0v) is 11.3. The van der Waals surface area contributed by atoms with Gasteiger partial charge in [-0.3, -0.25) is 4.79 Å². The zero-order chi connectivity index (χ0) is 13.2. The molecule has 2 fully saturated rings. The maximum atomic E-state index is 11.2. The van der Waals surface area contributed by atoms with E-state index in [9.17, 15) is 4.79 Å². The number of halogens is 1. The summed E-state index contributed by atoms with van der Waals surface area (Å²) in [5.74, 6) is 0.648. The van der Waals surface area contributed by atoms with Crippen molar-refractivity contribution in [3.63, 3.8) is 0 Å². The molecule has 0 bridgehead atoms. The average Bonchev–Trinajstić information content (AvgIpc) is 2.46. The summed E-state index contributed by atoms with van der Waals surface area (Å²) in [5, 5.41) is 0.221. The topological polar surface area (TPSA) is 55.3 Å². The number of ether oxygens (including phenoxy) is 1. The first-order chi connectivity index (χ1) is 9.31. The summed E-state index contributed by atoms with van der Waals surface area (Å²) in [7, 11) is 0. The van der Waals surface area contributed by atoms with E-state index >= 15 is 0 Å². The van der Waals surface area contributed by atoms with Gasteiger partial charge in [-0.2, -0.15) is 0 Å². The summed E-state index contributed by atoms with van der Waals surface area (Å²) in [6.07, 6.45) is 6.95. The number of carbonyl (C=O) groups excluding carboxylic acids is 1. The molecular weight excluding hydrogens is 266 g/mol. The van der Waals surface area contributed by atoms with Crippen molar-refractivity contribution in [3.05, 3.63) is 17.0 Å². The van der Waals surface area contributed by atoms with Crippen LogP contribution < -0.4 is 4.90 Å². The highest BCUT2D eigenvalue weighted by Gasteiger charge is 2.36. The number of anilines is 1. The number of hydrogen-bond donors (Lipinski definition) is 0. The lowest BCUT2D eigenvalue weighted by atomic mass is 9.90. The number of fused-ring (bicyclic) bond motifs is 1. The monoisotopic (exact) mass is 281 g/mol. The molecule has 2 aliphatic rings. The molecule has 1 saturated heterocycles. The Labute approximate surface area is 116 Å². The molecule has 0 radical (unpaired) electrons. The molecule has 5 nitrogen and oxygen atoms in total. The summed E-state index contributed by atoms with van der Waals surface area (Å²) in [4.78, 5) is 21.5. The molecule has 102 valence electrons. The Hall–Kier alpha value is -1.20. The Morgan fingerprint density at radius 2 is 2.21 bits per heavy atom. The van der Waals surface area contributed by atoms with E-state index in [0.717, 1.165) is 25.7 Å². The van der Waals surface area contributed by atoms with Crippen molar-refractivity contribution in [3.8, 4) is 0 Å². The number of aromatic nitrogens is 2. The summed E-state index contributed by atoms with van der Waals surface area (Å²) in [6.45, 7) is 1.41. The Bertz CT molecular complexity index is 481. The zero-order valence-electron chi connectivity index (χ0n) is 10.6. The molecule has 6 heteroatoms. The van der Waals surface area contributed by atoms with Crippen LogP contribution in [0.4, 0.5) is 5.82 Å². The minimum atomic E-state index is 0.221. The van der Waals surface area contributed by atoms with E-state index in [-0.39, 0.29) is 11.3 Å². The lowest BCUT2D eigenvalue weighted by Crippen LogP contribution is -2.53. The molecule has 3 rings (SSSR count). The maximum absolute atomic E-state index is 11.2. The largest absolute Gasteiger partial charge is 0.374 e. The number of hydrogen-bond acceptors (Lipinski definition) is 5. The van der Waals surface area contributed by atoms with Gasteiger partial charge in [-0.1, -0.05) is 24.4 Å². The second-order valence-corrected chi connectivity index (χ2v) is 5.33. The Balaban J connectivity index is 1.96. The highest BCUT2D eigenvalue weighted by atomic mass is 35.5. The van der Waals surface area contributed by atoms with Gasteiger partial charge in [0.2, 0.25) is 0 Å². The van der Waals surface area contributed by atoms with Crippen molar-refractivity contribution >= 4 is 23.7 Å². The fourth-order valence-corrected chi connectivity index (χ4v) is 3.23. The number of morpholine rings is 1. The SMILES string of the molecule is O=Cc1c(Cl)ncnc1N1CCOC2CCCCC21. The van der Waals surface area contributed by atoms with Gasteiger partial charge in [0.25, 0.3) is 0 Å². The van der Waals surface area contributed by atoms with Crippen LogP contribution in [0.1, 0.15) is 36.0 Å². The number of carbonyl (C=O) groups is 1. The molecule has 19 heavy (non-hydrogen) atoms. The molecule has 0 N–H and O–H groups in total. The molecule has 2 unspecified atom stereocenters. The van der Waals surface area contributed by atoms with Crippen LogP contribution in [0.3, 0.4) is 0 Å². The van der Waals surface area contributed by atoms with Gasteiger partial charge in [-0.05, 0) is 12.8 Å². The van der Waals surface area contributed by atoms with Gasteiger partial charge >= 0.3 is 0 Å². The smallest absolute Gasteiger partial charge is 0.156 e. The molecule has 2 heterocycles. The van der Waals surface area contributed by atoms with E-state index < -0.39 is 0 Å². The van der Waals surface area contributed by atoms with Crippen LogP contribution in [-0.4, -0.2) is 41.6 Å². The molecule has 1 aliphatic carbocycles. The van der Waals surface area contributed by atoms with Crippen molar-refractivity contribution in [1.29, 1.82) is 0 Å². The van der Waals surface area contributed by atoms with Gasteiger partial charge < -0.3 is 9.64 Å². The van der Waals surface area contributed by atoms with Gasteiger partial charge in [0.1, 0.15) is 17.3 Å². The summed E-state index contributed by atoms with van der Waals surface area (Å²) in [6, 6.07) is 0.298. The van der Waals surface area contributed by atoms with Crippen LogP contribution >= 0.6 is 11.6 Å². The first-order valence-corrected chi connectivity index (χ1v) is 7.03. The molecule has 2 atom stereocenters. The number of aldehydes is 1. The molecule has 1 aliphatic heterocycles. The van der Waals surface area contributed by atoms with E-state index in [1.807, 2.05) is 0 Å². The van der Waals surface area contributed by atoms with Crippen LogP contribution in [0.15, 0.2) is 6.33 Å². The van der Waals surface area contributed by atoms with Gasteiger partial charge in [0.15, 0.2) is 6.29 Å². The van der Waals surface area contributed by atoms with Crippen LogP contribution in [0.2, 0.25) is 5.15 Å². The first kappa shape index (κ1) is 12.8. The van der Waals surface area contributed by atoms with E-state index in [0.29, 0.717) is 24.0 Å². The number of rotatable bonds is 2. The van der Waals surface area contributed by atoms with E-state index in [4.69, 9.17) is 16.3 Å². The minimum absolute atomic E-state index is 0.221. The Morgan fingerprint density at radius 1 is 1.37 bits per heavy atom. The highest BCUT2D eigenvalue weighted by molar-refractivity contribution is 6.32. The first-order valence-electron chi connectivity index (χ1n) is 6.65. The molecule has 0 spiro atoms. The van der Waals surface area contributed by atoms with E-state index in [2.05, 4.69) is 14.9 Å². The highest BCUT2D eigenvalue weighted by Crippen LogP contribution is 2.33. The summed E-state index contributed by atoms with van der Waals surface area (Å²) >= 11 is 5.98. The van der Waals surface area contributed by atoms with Crippen LogP contribution in [-0.2, 0) is 4.74 Å². The fourth-order valence-electron chi connectivity index (χ4n) is 3.06. The van der Waals surface area contributed by atoms with Crippen LogP contribution in [0.25, 0.3) is 0 Å². The Morgan fingerprint density at radius 3 is 3.05 bits per heavy atom. The quantitative estimate of drug-likeness (QED) is 0.614. The second kappa shape index (κ2) is 5.43. The van der Waals surface area contributed by atoms with Crippen molar-refractivity contribution < 1.29 is 9.53 Å². The van der Waals surface area contributed by atoms with Crippen LogP contribution in [0.5, 0.6) is 0 Å². The molecule has 1 aromatic heterocycles. The standard InChI is InChI=1S/C13H16ClN3O2/c14-12-9(7-18)13(16-8-15-12)17-5-6-19-11-4-2-1-3-10(11)17/h7-8,10-11H,1-6H2. The van der Waals surface area contributed by atoms with Gasteiger partial charge in [-0.15, -0.1) is 0 Å². The van der Waals surface area contributed by atoms with Crippen LogP contribution in [0, 0.1) is 0 Å². The molecule has 1 saturated carbocycles. The van der Waals surface area contributed by atoms with E-state index in [1.54, 1.807) is 0 Å². The van der Waals surface area contributed by atoms with Crippen molar-refractivity contribution in [2.45, 2.75) is 37.8 Å². The van der Waals surface area contributed by atoms with Gasteiger partial charge in [-0.25, -0.2) is 9.97 Å². The lowest BCUT2D eigenvalue weighted by Gasteiger charge is -2.44. The summed E-state index contributed by atoms with van der Waals surface area (Å²) in [5.41, 5.74) is 0.385. The van der Waals surface area contributed by atoms with Crippen molar-refractivity contribution in [2.24, 2.45) is 0 Å². The van der Waals surface area contributed by atoms with Crippen molar-refractivity contribution in [2.75, 3.05) is 18.1 Å².